The summed E-state index contributed by atoms with van der Waals surface area (Å²) in [5.41, 5.74) is 6.54. The molecule has 0 spiro atoms. The number of nitrogens with one attached hydrogen (secondary N) is 2. The number of carbonyl (C=O) groups is 2. The number of aromatic nitrogens is 4. The molecular weight excluding hydrogens is 352 g/mol. The summed E-state index contributed by atoms with van der Waals surface area (Å²) in [6.45, 7) is 0. The highest BCUT2D eigenvalue weighted by Gasteiger charge is 2.11. The third-order valence-electron chi connectivity index (χ3n) is 4.66. The number of H-pyrrole nitrogens is 2. The number of rotatable bonds is 2. The summed E-state index contributed by atoms with van der Waals surface area (Å²) < 4.78 is 0. The van der Waals surface area contributed by atoms with Gasteiger partial charge in [0.15, 0.2) is 12.6 Å². The van der Waals surface area contributed by atoms with E-state index in [0.717, 1.165) is 22.4 Å². The number of aromatic amines is 2. The molecule has 5 rings (SSSR count). The van der Waals surface area contributed by atoms with Crippen molar-refractivity contribution >= 4 is 58.9 Å². The Morgan fingerprint density at radius 2 is 1.04 bits per heavy atom. The molecule has 0 aromatic carbocycles. The minimum Gasteiger partial charge on any atom is -0.355 e. The van der Waals surface area contributed by atoms with Crippen LogP contribution in [0.5, 0.6) is 0 Å². The van der Waals surface area contributed by atoms with E-state index >= 15 is 0 Å². The Morgan fingerprint density at radius 1 is 0.607 bits per heavy atom. The molecule has 5 heterocycles. The monoisotopic (exact) mass is 366 g/mol. The van der Waals surface area contributed by atoms with Crippen LogP contribution in [-0.4, -0.2) is 32.5 Å². The molecule has 6 heteroatoms. The smallest absolute Gasteiger partial charge is 0.152 e. The highest BCUT2D eigenvalue weighted by Crippen LogP contribution is 2.22. The summed E-state index contributed by atoms with van der Waals surface area (Å²) >= 11 is 0. The van der Waals surface area contributed by atoms with Crippen LogP contribution in [0.1, 0.15) is 43.5 Å². The van der Waals surface area contributed by atoms with Gasteiger partial charge >= 0.3 is 0 Å². The molecule has 3 aromatic heterocycles. The van der Waals surface area contributed by atoms with Crippen LogP contribution in [0.4, 0.5) is 0 Å². The number of carbonyl (C=O) groups excluding carboxylic acids is 2. The first-order valence-electron chi connectivity index (χ1n) is 8.73. The van der Waals surface area contributed by atoms with Crippen LogP contribution < -0.4 is 0 Å². The highest BCUT2D eigenvalue weighted by atomic mass is 16.1. The van der Waals surface area contributed by atoms with Gasteiger partial charge in [0.1, 0.15) is 0 Å². The van der Waals surface area contributed by atoms with E-state index in [1.165, 1.54) is 0 Å². The van der Waals surface area contributed by atoms with Crippen molar-refractivity contribution in [3.8, 4) is 0 Å². The summed E-state index contributed by atoms with van der Waals surface area (Å²) in [4.78, 5) is 38.9. The number of nitrogens with zero attached hydrogens (tertiary/aromatic N) is 2. The van der Waals surface area contributed by atoms with Gasteiger partial charge in [0.2, 0.25) is 0 Å². The second-order valence-corrected chi connectivity index (χ2v) is 6.55. The zero-order chi connectivity index (χ0) is 19.1. The molecule has 6 nitrogen and oxygen atoms in total. The summed E-state index contributed by atoms with van der Waals surface area (Å²) in [5.74, 6) is 0. The number of fused-ring (bicyclic) bond motifs is 8. The highest BCUT2D eigenvalue weighted by molar-refractivity contribution is 6.04. The first-order valence-corrected chi connectivity index (χ1v) is 8.73. The Morgan fingerprint density at radius 3 is 1.46 bits per heavy atom. The average molecular weight is 366 g/mol. The van der Waals surface area contributed by atoms with Gasteiger partial charge in [-0.2, -0.15) is 0 Å². The molecule has 2 N–H and O–H groups in total. The lowest BCUT2D eigenvalue weighted by Crippen LogP contribution is -1.85. The van der Waals surface area contributed by atoms with E-state index in [9.17, 15) is 9.59 Å². The third kappa shape index (κ3) is 2.77. The van der Waals surface area contributed by atoms with E-state index in [1.807, 2.05) is 48.6 Å². The Labute approximate surface area is 159 Å². The van der Waals surface area contributed by atoms with Crippen molar-refractivity contribution in [2.75, 3.05) is 0 Å². The van der Waals surface area contributed by atoms with Crippen LogP contribution in [0.15, 0.2) is 36.4 Å². The standard InChI is InChI=1S/C22H14N4O2/c27-11-19-20(12-28)22-10-18-6-4-16(25-18)8-14-2-1-13(23-14)7-15-3-5-17(24-15)9-21(19)26-22/h1-12,23,26H. The van der Waals surface area contributed by atoms with Crippen molar-refractivity contribution in [1.82, 2.24) is 19.9 Å². The predicted octanol–water partition coefficient (Wildman–Crippen LogP) is 4.28. The van der Waals surface area contributed by atoms with Crippen LogP contribution in [-0.2, 0) is 0 Å². The maximum Gasteiger partial charge on any atom is 0.152 e. The normalized spacial score (nSPS) is 12.3. The fourth-order valence-electron chi connectivity index (χ4n) is 3.37. The van der Waals surface area contributed by atoms with Gasteiger partial charge in [-0.15, -0.1) is 0 Å². The van der Waals surface area contributed by atoms with Crippen LogP contribution in [0.25, 0.3) is 46.4 Å². The number of hydrogen-bond donors (Lipinski definition) is 2. The molecule has 0 fully saturated rings. The lowest BCUT2D eigenvalue weighted by molar-refractivity contribution is 0.109. The topological polar surface area (TPSA) is 91.5 Å². The molecule has 0 aliphatic carbocycles. The van der Waals surface area contributed by atoms with Gasteiger partial charge in [-0.05, 0) is 60.7 Å². The fourth-order valence-corrected chi connectivity index (χ4v) is 3.37. The minimum absolute atomic E-state index is 0.311. The van der Waals surface area contributed by atoms with Crippen molar-refractivity contribution in [3.63, 3.8) is 0 Å². The molecule has 0 saturated heterocycles. The Balaban J connectivity index is 1.92. The van der Waals surface area contributed by atoms with Crippen LogP contribution in [0, 0.1) is 0 Å². The van der Waals surface area contributed by atoms with Gasteiger partial charge in [-0.1, -0.05) is 0 Å². The molecule has 3 aromatic rings. The van der Waals surface area contributed by atoms with E-state index in [1.54, 1.807) is 12.1 Å². The molecule has 0 unspecified atom stereocenters. The van der Waals surface area contributed by atoms with Gasteiger partial charge in [-0.25, -0.2) is 9.97 Å². The number of aldehydes is 2. The van der Waals surface area contributed by atoms with Gasteiger partial charge in [0.25, 0.3) is 0 Å². The molecule has 0 saturated carbocycles. The zero-order valence-electron chi connectivity index (χ0n) is 14.6. The summed E-state index contributed by atoms with van der Waals surface area (Å²) in [6, 6.07) is 11.4. The van der Waals surface area contributed by atoms with Gasteiger partial charge in [0.05, 0.1) is 44.9 Å². The molecule has 28 heavy (non-hydrogen) atoms. The first-order chi connectivity index (χ1) is 13.7. The summed E-state index contributed by atoms with van der Waals surface area (Å²) in [7, 11) is 0. The van der Waals surface area contributed by atoms with E-state index in [-0.39, 0.29) is 0 Å². The van der Waals surface area contributed by atoms with Gasteiger partial charge in [0, 0.05) is 11.0 Å². The van der Waals surface area contributed by atoms with E-state index in [2.05, 4.69) is 19.9 Å². The lowest BCUT2D eigenvalue weighted by atomic mass is 10.1. The fraction of sp³-hybridized carbons (Fsp3) is 0. The molecule has 0 atom stereocenters. The Bertz CT molecular complexity index is 1260. The molecule has 2 aliphatic rings. The SMILES string of the molecule is O=Cc1c(C=O)c2cc3nc(cc4ccc(cc5nc(cc1[nH]2)C=C5)[nH]4)C=C3. The van der Waals surface area contributed by atoms with Crippen molar-refractivity contribution in [3.05, 3.63) is 70.3 Å². The van der Waals surface area contributed by atoms with Crippen molar-refractivity contribution in [2.45, 2.75) is 0 Å². The van der Waals surface area contributed by atoms with Crippen LogP contribution in [0.3, 0.4) is 0 Å². The maximum atomic E-state index is 11.6. The lowest BCUT2D eigenvalue weighted by Gasteiger charge is -1.87. The van der Waals surface area contributed by atoms with Crippen molar-refractivity contribution in [2.24, 2.45) is 0 Å². The van der Waals surface area contributed by atoms with E-state index in [0.29, 0.717) is 46.1 Å². The largest absolute Gasteiger partial charge is 0.355 e. The molecule has 8 bridgehead atoms. The van der Waals surface area contributed by atoms with Crippen molar-refractivity contribution in [1.29, 1.82) is 0 Å². The Kier molecular flexibility index (Phi) is 3.62. The molecular formula is C22H14N4O2. The summed E-state index contributed by atoms with van der Waals surface area (Å²) in [6.07, 6.45) is 8.90. The quantitative estimate of drug-likeness (QED) is 0.456. The van der Waals surface area contributed by atoms with Gasteiger partial charge < -0.3 is 9.97 Å². The molecule has 134 valence electrons. The molecule has 0 amide bonds. The number of hydrogen-bond acceptors (Lipinski definition) is 4. The average Bonchev–Trinajstić information content (AvgIpc) is 3.45. The first kappa shape index (κ1) is 16.1. The van der Waals surface area contributed by atoms with Gasteiger partial charge in [-0.3, -0.25) is 9.59 Å². The third-order valence-corrected chi connectivity index (χ3v) is 4.66. The zero-order valence-corrected chi connectivity index (χ0v) is 14.6. The second kappa shape index (κ2) is 6.28. The summed E-state index contributed by atoms with van der Waals surface area (Å²) in [5, 5.41) is 0. The van der Waals surface area contributed by atoms with E-state index < -0.39 is 0 Å². The predicted molar refractivity (Wildman–Crippen MR) is 110 cm³/mol. The van der Waals surface area contributed by atoms with Crippen molar-refractivity contribution < 1.29 is 9.59 Å². The molecule has 0 radical (unpaired) electrons. The minimum atomic E-state index is 0.311. The van der Waals surface area contributed by atoms with Crippen LogP contribution >= 0.6 is 0 Å². The van der Waals surface area contributed by atoms with E-state index in [4.69, 9.17) is 0 Å². The molecule has 2 aliphatic heterocycles. The second-order valence-electron chi connectivity index (χ2n) is 6.55. The van der Waals surface area contributed by atoms with Crippen LogP contribution in [0.2, 0.25) is 0 Å². The maximum absolute atomic E-state index is 11.6. The Hall–Kier alpha value is -4.06.